The highest BCUT2D eigenvalue weighted by molar-refractivity contribution is 6.01. The Morgan fingerprint density at radius 3 is 2.50 bits per heavy atom. The van der Waals surface area contributed by atoms with E-state index in [9.17, 15) is 20.0 Å². The summed E-state index contributed by atoms with van der Waals surface area (Å²) < 4.78 is 0. The first-order chi connectivity index (χ1) is 10.5. The number of rotatable bonds is 6. The molecule has 0 aromatic heterocycles. The number of non-ortho nitro benzene ring substituents is 1. The van der Waals surface area contributed by atoms with Gasteiger partial charge in [0.05, 0.1) is 10.5 Å². The summed E-state index contributed by atoms with van der Waals surface area (Å²) in [5.41, 5.74) is 1.30. The lowest BCUT2D eigenvalue weighted by Gasteiger charge is -2.14. The molecule has 6 nitrogen and oxygen atoms in total. The summed E-state index contributed by atoms with van der Waals surface area (Å²) in [7, 11) is 0. The number of benzene rings is 2. The van der Waals surface area contributed by atoms with Crippen molar-refractivity contribution in [2.75, 3.05) is 11.9 Å². The molecular weight excluding hydrogens is 284 g/mol. The van der Waals surface area contributed by atoms with Crippen LogP contribution in [0.5, 0.6) is 0 Å². The number of aromatic carboxylic acids is 1. The SMILES string of the molecule is CCCNc1cc([N+](=O)[O-])cc(C(=O)O)c1-c1ccccc1. The molecule has 0 aliphatic rings. The molecule has 2 aromatic carbocycles. The van der Waals surface area contributed by atoms with Crippen LogP contribution in [0.2, 0.25) is 0 Å². The summed E-state index contributed by atoms with van der Waals surface area (Å²) in [6, 6.07) is 11.5. The van der Waals surface area contributed by atoms with Gasteiger partial charge in [-0.25, -0.2) is 4.79 Å². The number of carbonyl (C=O) groups is 1. The molecule has 0 aliphatic heterocycles. The third-order valence-electron chi connectivity index (χ3n) is 3.19. The quantitative estimate of drug-likeness (QED) is 0.625. The van der Waals surface area contributed by atoms with Gasteiger partial charge in [-0.05, 0) is 12.0 Å². The van der Waals surface area contributed by atoms with Crippen LogP contribution in [-0.2, 0) is 0 Å². The maximum atomic E-state index is 11.5. The molecule has 0 atom stereocenters. The van der Waals surface area contributed by atoms with E-state index in [4.69, 9.17) is 0 Å². The molecule has 0 bridgehead atoms. The van der Waals surface area contributed by atoms with Gasteiger partial charge in [0.2, 0.25) is 0 Å². The summed E-state index contributed by atoms with van der Waals surface area (Å²) in [5.74, 6) is -1.19. The molecule has 2 rings (SSSR count). The number of hydrogen-bond donors (Lipinski definition) is 2. The second kappa shape index (κ2) is 6.71. The Bertz CT molecular complexity index is 699. The van der Waals surface area contributed by atoms with E-state index in [1.807, 2.05) is 13.0 Å². The molecule has 22 heavy (non-hydrogen) atoms. The Kier molecular flexibility index (Phi) is 4.73. The summed E-state index contributed by atoms with van der Waals surface area (Å²) in [6.07, 6.45) is 0.819. The fourth-order valence-corrected chi connectivity index (χ4v) is 2.22. The van der Waals surface area contributed by atoms with Crippen molar-refractivity contribution in [3.8, 4) is 11.1 Å². The van der Waals surface area contributed by atoms with Crippen molar-refractivity contribution in [1.29, 1.82) is 0 Å². The van der Waals surface area contributed by atoms with E-state index in [-0.39, 0.29) is 11.3 Å². The van der Waals surface area contributed by atoms with E-state index >= 15 is 0 Å². The van der Waals surface area contributed by atoms with Gasteiger partial charge >= 0.3 is 5.97 Å². The van der Waals surface area contributed by atoms with Gasteiger partial charge in [0, 0.05) is 29.9 Å². The molecule has 2 aromatic rings. The molecule has 0 spiro atoms. The molecule has 0 saturated carbocycles. The molecule has 114 valence electrons. The molecular formula is C16H16N2O4. The Balaban J connectivity index is 2.71. The predicted octanol–water partition coefficient (Wildman–Crippen LogP) is 3.78. The number of nitrogens with zero attached hydrogens (tertiary/aromatic N) is 1. The van der Waals surface area contributed by atoms with Crippen LogP contribution in [0.3, 0.4) is 0 Å². The largest absolute Gasteiger partial charge is 0.478 e. The summed E-state index contributed by atoms with van der Waals surface area (Å²) in [4.78, 5) is 22.0. The number of carboxylic acids is 1. The van der Waals surface area contributed by atoms with E-state index in [2.05, 4.69) is 5.32 Å². The lowest BCUT2D eigenvalue weighted by atomic mass is 9.96. The molecule has 2 N–H and O–H groups in total. The Labute approximate surface area is 127 Å². The predicted molar refractivity (Wildman–Crippen MR) is 84.3 cm³/mol. The van der Waals surface area contributed by atoms with E-state index in [1.54, 1.807) is 24.3 Å². The van der Waals surface area contributed by atoms with Crippen LogP contribution in [0.25, 0.3) is 11.1 Å². The third kappa shape index (κ3) is 3.22. The lowest BCUT2D eigenvalue weighted by molar-refractivity contribution is -0.384. The monoisotopic (exact) mass is 300 g/mol. The summed E-state index contributed by atoms with van der Waals surface area (Å²) in [5, 5.41) is 23.6. The van der Waals surface area contributed by atoms with Crippen molar-refractivity contribution in [2.24, 2.45) is 0 Å². The summed E-state index contributed by atoms with van der Waals surface area (Å²) >= 11 is 0. The molecule has 0 heterocycles. The Morgan fingerprint density at radius 1 is 1.27 bits per heavy atom. The molecule has 0 saturated heterocycles. The van der Waals surface area contributed by atoms with Crippen molar-refractivity contribution in [3.63, 3.8) is 0 Å². The first-order valence-corrected chi connectivity index (χ1v) is 6.89. The first kappa shape index (κ1) is 15.5. The van der Waals surface area contributed by atoms with Gasteiger partial charge in [0.1, 0.15) is 0 Å². The van der Waals surface area contributed by atoms with Crippen LogP contribution >= 0.6 is 0 Å². The number of nitro groups is 1. The van der Waals surface area contributed by atoms with Crippen LogP contribution in [0.1, 0.15) is 23.7 Å². The lowest BCUT2D eigenvalue weighted by Crippen LogP contribution is -2.08. The zero-order valence-corrected chi connectivity index (χ0v) is 12.1. The topological polar surface area (TPSA) is 92.5 Å². The highest BCUT2D eigenvalue weighted by atomic mass is 16.6. The molecule has 0 radical (unpaired) electrons. The highest BCUT2D eigenvalue weighted by Gasteiger charge is 2.21. The fourth-order valence-electron chi connectivity index (χ4n) is 2.22. The van der Waals surface area contributed by atoms with E-state index < -0.39 is 10.9 Å². The molecule has 0 amide bonds. The zero-order chi connectivity index (χ0) is 16.1. The molecule has 0 aliphatic carbocycles. The Morgan fingerprint density at radius 2 is 1.95 bits per heavy atom. The second-order valence-electron chi connectivity index (χ2n) is 4.77. The average molecular weight is 300 g/mol. The van der Waals surface area contributed by atoms with Crippen LogP contribution in [0, 0.1) is 10.1 Å². The minimum Gasteiger partial charge on any atom is -0.478 e. The van der Waals surface area contributed by atoms with Crippen molar-refractivity contribution in [3.05, 3.63) is 58.1 Å². The maximum Gasteiger partial charge on any atom is 0.336 e. The first-order valence-electron chi connectivity index (χ1n) is 6.89. The van der Waals surface area contributed by atoms with Gasteiger partial charge in [0.25, 0.3) is 5.69 Å². The number of nitrogens with one attached hydrogen (secondary N) is 1. The second-order valence-corrected chi connectivity index (χ2v) is 4.77. The smallest absolute Gasteiger partial charge is 0.336 e. The van der Waals surface area contributed by atoms with E-state index in [0.29, 0.717) is 23.4 Å². The number of carboxylic acid groups (broad SMARTS) is 1. The highest BCUT2D eigenvalue weighted by Crippen LogP contribution is 2.35. The van der Waals surface area contributed by atoms with Crippen LogP contribution in [0.15, 0.2) is 42.5 Å². The van der Waals surface area contributed by atoms with Gasteiger partial charge in [-0.2, -0.15) is 0 Å². The third-order valence-corrected chi connectivity index (χ3v) is 3.19. The van der Waals surface area contributed by atoms with Gasteiger partial charge in [-0.15, -0.1) is 0 Å². The maximum absolute atomic E-state index is 11.5. The Hall–Kier alpha value is -2.89. The number of anilines is 1. The van der Waals surface area contributed by atoms with Crippen molar-refractivity contribution >= 4 is 17.3 Å². The normalized spacial score (nSPS) is 10.2. The van der Waals surface area contributed by atoms with E-state index in [1.165, 1.54) is 6.07 Å². The average Bonchev–Trinajstić information content (AvgIpc) is 2.52. The van der Waals surface area contributed by atoms with E-state index in [0.717, 1.165) is 12.5 Å². The van der Waals surface area contributed by atoms with Gasteiger partial charge in [-0.1, -0.05) is 37.3 Å². The van der Waals surface area contributed by atoms with Crippen molar-refractivity contribution < 1.29 is 14.8 Å². The van der Waals surface area contributed by atoms with Gasteiger partial charge in [0.15, 0.2) is 0 Å². The van der Waals surface area contributed by atoms with Crippen molar-refractivity contribution in [2.45, 2.75) is 13.3 Å². The van der Waals surface area contributed by atoms with Crippen LogP contribution in [-0.4, -0.2) is 22.5 Å². The molecule has 6 heteroatoms. The molecule has 0 unspecified atom stereocenters. The standard InChI is InChI=1S/C16H16N2O4/c1-2-8-17-14-10-12(18(21)22)9-13(16(19)20)15(14)11-6-4-3-5-7-11/h3-7,9-10,17H,2,8H2,1H3,(H,19,20). The van der Waals surface area contributed by atoms with Gasteiger partial charge in [-0.3, -0.25) is 10.1 Å². The number of nitro benzene ring substituents is 1. The zero-order valence-electron chi connectivity index (χ0n) is 12.1. The summed E-state index contributed by atoms with van der Waals surface area (Å²) in [6.45, 7) is 2.56. The van der Waals surface area contributed by atoms with Gasteiger partial charge < -0.3 is 10.4 Å². The minimum absolute atomic E-state index is 0.0843. The van der Waals surface area contributed by atoms with Crippen LogP contribution < -0.4 is 5.32 Å². The number of hydrogen-bond acceptors (Lipinski definition) is 4. The molecule has 0 fully saturated rings. The van der Waals surface area contributed by atoms with Crippen molar-refractivity contribution in [1.82, 2.24) is 0 Å². The minimum atomic E-state index is -1.19. The fraction of sp³-hybridized carbons (Fsp3) is 0.188. The van der Waals surface area contributed by atoms with Crippen LogP contribution in [0.4, 0.5) is 11.4 Å².